The van der Waals surface area contributed by atoms with Crippen molar-refractivity contribution in [1.29, 1.82) is 0 Å². The molecule has 0 spiro atoms. The van der Waals surface area contributed by atoms with E-state index in [1.807, 2.05) is 6.92 Å². The van der Waals surface area contributed by atoms with Crippen LogP contribution in [0.3, 0.4) is 0 Å². The van der Waals surface area contributed by atoms with Gasteiger partial charge in [-0.05, 0) is 36.5 Å². The fraction of sp³-hybridized carbons (Fsp3) is 0.652. The fourth-order valence-electron chi connectivity index (χ4n) is 3.70. The Bertz CT molecular complexity index is 592. The number of aromatic carboxylic acids is 2. The quantitative estimate of drug-likeness (QED) is 0.343. The first kappa shape index (κ1) is 23.2. The van der Waals surface area contributed by atoms with E-state index in [1.54, 1.807) is 6.07 Å². The van der Waals surface area contributed by atoms with Crippen molar-refractivity contribution in [1.82, 2.24) is 0 Å². The standard InChI is InChI=1S/C23H36O4/c1-3-5-6-7-8-9-10-11-12-13-14-15-19-18(4-2)16-17-20(22(24)25)21(19)23(26)27/h16-17H,3-15H2,1-2H3,(H,24,25)(H,26,27). The highest BCUT2D eigenvalue weighted by Gasteiger charge is 2.21. The average molecular weight is 377 g/mol. The van der Waals surface area contributed by atoms with Crippen LogP contribution in [0.5, 0.6) is 0 Å². The molecule has 0 unspecified atom stereocenters. The molecule has 0 fully saturated rings. The number of hydrogen-bond acceptors (Lipinski definition) is 2. The highest BCUT2D eigenvalue weighted by molar-refractivity contribution is 6.03. The van der Waals surface area contributed by atoms with E-state index in [0.717, 1.165) is 24.8 Å². The van der Waals surface area contributed by atoms with Crippen LogP contribution in [0.25, 0.3) is 0 Å². The highest BCUT2D eigenvalue weighted by atomic mass is 16.4. The molecule has 0 heterocycles. The second-order valence-corrected chi connectivity index (χ2v) is 7.38. The van der Waals surface area contributed by atoms with E-state index in [2.05, 4.69) is 6.92 Å². The number of aryl methyl sites for hydroxylation is 1. The molecule has 0 amide bonds. The fourth-order valence-corrected chi connectivity index (χ4v) is 3.70. The summed E-state index contributed by atoms with van der Waals surface area (Å²) in [6.07, 6.45) is 15.0. The summed E-state index contributed by atoms with van der Waals surface area (Å²) in [5, 5.41) is 18.8. The summed E-state index contributed by atoms with van der Waals surface area (Å²) < 4.78 is 0. The van der Waals surface area contributed by atoms with Gasteiger partial charge in [-0.3, -0.25) is 0 Å². The molecule has 0 aliphatic heterocycles. The van der Waals surface area contributed by atoms with Gasteiger partial charge in [0.25, 0.3) is 0 Å². The Balaban J connectivity index is 2.44. The molecule has 1 aromatic carbocycles. The van der Waals surface area contributed by atoms with Crippen molar-refractivity contribution in [3.05, 3.63) is 34.4 Å². The van der Waals surface area contributed by atoms with Crippen LogP contribution in [-0.2, 0) is 12.8 Å². The molecule has 0 aliphatic rings. The number of rotatable bonds is 15. The highest BCUT2D eigenvalue weighted by Crippen LogP contribution is 2.23. The van der Waals surface area contributed by atoms with Gasteiger partial charge in [0.05, 0.1) is 11.1 Å². The molecule has 0 saturated carbocycles. The van der Waals surface area contributed by atoms with Crippen molar-refractivity contribution >= 4 is 11.9 Å². The molecule has 27 heavy (non-hydrogen) atoms. The maximum Gasteiger partial charge on any atom is 0.336 e. The molecule has 0 saturated heterocycles. The van der Waals surface area contributed by atoms with Gasteiger partial charge in [-0.1, -0.05) is 84.1 Å². The van der Waals surface area contributed by atoms with Crippen LogP contribution in [0.4, 0.5) is 0 Å². The number of hydrogen-bond donors (Lipinski definition) is 2. The molecule has 0 radical (unpaired) electrons. The van der Waals surface area contributed by atoms with Crippen molar-refractivity contribution in [2.75, 3.05) is 0 Å². The van der Waals surface area contributed by atoms with E-state index in [1.165, 1.54) is 57.4 Å². The third-order valence-electron chi connectivity index (χ3n) is 5.27. The van der Waals surface area contributed by atoms with Crippen LogP contribution >= 0.6 is 0 Å². The maximum atomic E-state index is 11.7. The number of carboxylic acid groups (broad SMARTS) is 2. The Labute approximate surface area is 164 Å². The second-order valence-electron chi connectivity index (χ2n) is 7.38. The lowest BCUT2D eigenvalue weighted by Gasteiger charge is -2.14. The third-order valence-corrected chi connectivity index (χ3v) is 5.27. The van der Waals surface area contributed by atoms with Gasteiger partial charge in [-0.2, -0.15) is 0 Å². The lowest BCUT2D eigenvalue weighted by molar-refractivity contribution is 0.0650. The van der Waals surface area contributed by atoms with Gasteiger partial charge in [0.15, 0.2) is 0 Å². The molecular weight excluding hydrogens is 340 g/mol. The Hall–Kier alpha value is -1.84. The zero-order valence-corrected chi connectivity index (χ0v) is 17.1. The molecular formula is C23H36O4. The van der Waals surface area contributed by atoms with E-state index < -0.39 is 11.9 Å². The number of unbranched alkanes of at least 4 members (excludes halogenated alkanes) is 10. The SMILES string of the molecule is CCCCCCCCCCCCCc1c(CC)ccc(C(=O)O)c1C(=O)O. The number of benzene rings is 1. The number of carbonyl (C=O) groups is 2. The van der Waals surface area contributed by atoms with Gasteiger partial charge in [-0.25, -0.2) is 9.59 Å². The lowest BCUT2D eigenvalue weighted by Crippen LogP contribution is -2.13. The zero-order chi connectivity index (χ0) is 20.1. The summed E-state index contributed by atoms with van der Waals surface area (Å²) in [5.41, 5.74) is 1.54. The van der Waals surface area contributed by atoms with Gasteiger partial charge in [0.2, 0.25) is 0 Å². The van der Waals surface area contributed by atoms with Crippen LogP contribution in [-0.4, -0.2) is 22.2 Å². The van der Waals surface area contributed by atoms with E-state index in [9.17, 15) is 19.8 Å². The van der Waals surface area contributed by atoms with E-state index >= 15 is 0 Å². The topological polar surface area (TPSA) is 74.6 Å². The molecule has 1 rings (SSSR count). The molecule has 2 N–H and O–H groups in total. The summed E-state index contributed by atoms with van der Waals surface area (Å²) in [5.74, 6) is -2.31. The van der Waals surface area contributed by atoms with E-state index in [-0.39, 0.29) is 11.1 Å². The molecule has 4 heteroatoms. The molecule has 4 nitrogen and oxygen atoms in total. The molecule has 0 aromatic heterocycles. The van der Waals surface area contributed by atoms with E-state index in [4.69, 9.17) is 0 Å². The third kappa shape index (κ3) is 8.15. The largest absolute Gasteiger partial charge is 0.478 e. The van der Waals surface area contributed by atoms with Crippen molar-refractivity contribution in [3.8, 4) is 0 Å². The normalized spacial score (nSPS) is 10.9. The first-order valence-electron chi connectivity index (χ1n) is 10.6. The Morgan fingerprint density at radius 1 is 0.741 bits per heavy atom. The minimum Gasteiger partial charge on any atom is -0.478 e. The average Bonchev–Trinajstić information content (AvgIpc) is 2.65. The predicted molar refractivity (Wildman–Crippen MR) is 110 cm³/mol. The van der Waals surface area contributed by atoms with Crippen LogP contribution < -0.4 is 0 Å². The molecule has 0 atom stereocenters. The summed E-state index contributed by atoms with van der Waals surface area (Å²) in [4.78, 5) is 23.0. The molecule has 0 aliphatic carbocycles. The summed E-state index contributed by atoms with van der Waals surface area (Å²) >= 11 is 0. The van der Waals surface area contributed by atoms with Crippen molar-refractivity contribution in [3.63, 3.8) is 0 Å². The van der Waals surface area contributed by atoms with Gasteiger partial charge < -0.3 is 10.2 Å². The molecule has 1 aromatic rings. The van der Waals surface area contributed by atoms with Crippen molar-refractivity contribution in [2.24, 2.45) is 0 Å². The summed E-state index contributed by atoms with van der Waals surface area (Å²) in [7, 11) is 0. The second kappa shape index (κ2) is 13.3. The van der Waals surface area contributed by atoms with Crippen molar-refractivity contribution in [2.45, 2.75) is 97.3 Å². The maximum absolute atomic E-state index is 11.7. The van der Waals surface area contributed by atoms with Crippen LogP contribution in [0.15, 0.2) is 12.1 Å². The van der Waals surface area contributed by atoms with Crippen LogP contribution in [0.1, 0.15) is 116 Å². The lowest BCUT2D eigenvalue weighted by atomic mass is 9.90. The van der Waals surface area contributed by atoms with Gasteiger partial charge in [0.1, 0.15) is 0 Å². The molecule has 0 bridgehead atoms. The Morgan fingerprint density at radius 3 is 1.70 bits per heavy atom. The Morgan fingerprint density at radius 2 is 1.26 bits per heavy atom. The monoisotopic (exact) mass is 376 g/mol. The van der Waals surface area contributed by atoms with Crippen LogP contribution in [0.2, 0.25) is 0 Å². The first-order chi connectivity index (χ1) is 13.0. The smallest absolute Gasteiger partial charge is 0.336 e. The van der Waals surface area contributed by atoms with Crippen LogP contribution in [0, 0.1) is 0 Å². The van der Waals surface area contributed by atoms with Gasteiger partial charge in [0, 0.05) is 0 Å². The molecule has 152 valence electrons. The first-order valence-corrected chi connectivity index (χ1v) is 10.6. The van der Waals surface area contributed by atoms with Crippen molar-refractivity contribution < 1.29 is 19.8 Å². The zero-order valence-electron chi connectivity index (χ0n) is 17.1. The minimum absolute atomic E-state index is 0.0195. The summed E-state index contributed by atoms with van der Waals surface area (Å²) in [6, 6.07) is 3.19. The van der Waals surface area contributed by atoms with Gasteiger partial charge >= 0.3 is 11.9 Å². The van der Waals surface area contributed by atoms with E-state index in [0.29, 0.717) is 18.4 Å². The minimum atomic E-state index is -1.17. The number of carboxylic acids is 2. The summed E-state index contributed by atoms with van der Waals surface area (Å²) in [6.45, 7) is 4.21. The predicted octanol–water partition coefficient (Wildman–Crippen LogP) is 6.50. The Kier molecular flexibility index (Phi) is 11.5. The van der Waals surface area contributed by atoms with Gasteiger partial charge in [-0.15, -0.1) is 0 Å².